The number of methoxy groups -OCH3 is 1. The van der Waals surface area contributed by atoms with Crippen LogP contribution >= 0.6 is 0 Å². The van der Waals surface area contributed by atoms with Crippen molar-refractivity contribution in [2.45, 2.75) is 6.17 Å². The second-order valence-electron chi connectivity index (χ2n) is 9.44. The van der Waals surface area contributed by atoms with Crippen LogP contribution in [0.3, 0.4) is 0 Å². The number of carbonyl (C=O) groups is 2. The third kappa shape index (κ3) is 5.43. The highest BCUT2D eigenvalue weighted by Gasteiger charge is 2.32. The Hall–Kier alpha value is -5.49. The molecule has 43 heavy (non-hydrogen) atoms. The first-order chi connectivity index (χ1) is 20.9. The highest BCUT2D eigenvalue weighted by atomic mass is 19.1. The van der Waals surface area contributed by atoms with Crippen LogP contribution in [0.2, 0.25) is 0 Å². The Morgan fingerprint density at radius 1 is 0.930 bits per heavy atom. The van der Waals surface area contributed by atoms with E-state index in [0.717, 1.165) is 0 Å². The van der Waals surface area contributed by atoms with Crippen LogP contribution in [0.15, 0.2) is 89.9 Å². The third-order valence-electron chi connectivity index (χ3n) is 6.67. The predicted molar refractivity (Wildman–Crippen MR) is 154 cm³/mol. The van der Waals surface area contributed by atoms with Gasteiger partial charge in [0.2, 0.25) is 12.0 Å². The number of amides is 2. The van der Waals surface area contributed by atoms with Crippen molar-refractivity contribution in [2.24, 2.45) is 4.99 Å². The number of para-hydroxylation sites is 1. The molecule has 10 nitrogen and oxygen atoms in total. The summed E-state index contributed by atoms with van der Waals surface area (Å²) in [4.78, 5) is 36.4. The summed E-state index contributed by atoms with van der Waals surface area (Å²) in [5.74, 6) is -2.70. The fraction of sp³-hybridized carbons (Fsp3) is 0.129. The van der Waals surface area contributed by atoms with Crippen molar-refractivity contribution < 1.29 is 27.8 Å². The summed E-state index contributed by atoms with van der Waals surface area (Å²) in [6, 6.07) is 22.2. The standard InChI is InChI=1S/C31H24F2N6O4/c1-42-16-17-43-24-15-14-23-34-27(19-10-5-6-12-21(19)32)28(39(23)38-24)30(40)37-29-31(41)36-26-20(11-7-13-22(26)33)25(35-29)18-8-3-2-4-9-18/h2-15,29H,16-17H2,1H3,(H,36,41)(H,37,40). The number of nitrogens with zero attached hydrogens (tertiary/aromatic N) is 4. The van der Waals surface area contributed by atoms with E-state index in [1.807, 2.05) is 6.07 Å². The van der Waals surface area contributed by atoms with E-state index in [4.69, 9.17) is 9.47 Å². The van der Waals surface area contributed by atoms with Gasteiger partial charge in [0.25, 0.3) is 11.8 Å². The van der Waals surface area contributed by atoms with E-state index >= 15 is 0 Å². The van der Waals surface area contributed by atoms with Crippen LogP contribution in [0.5, 0.6) is 5.88 Å². The number of aromatic nitrogens is 3. The molecule has 3 aromatic carbocycles. The summed E-state index contributed by atoms with van der Waals surface area (Å²) < 4.78 is 41.7. The minimum Gasteiger partial charge on any atom is -0.474 e. The van der Waals surface area contributed by atoms with Gasteiger partial charge in [-0.2, -0.15) is 0 Å². The predicted octanol–water partition coefficient (Wildman–Crippen LogP) is 4.25. The number of halogens is 2. The molecule has 0 fully saturated rings. The highest BCUT2D eigenvalue weighted by Crippen LogP contribution is 2.29. The van der Waals surface area contributed by atoms with Crippen LogP contribution in [0.25, 0.3) is 16.9 Å². The summed E-state index contributed by atoms with van der Waals surface area (Å²) in [5, 5.41) is 9.55. The molecule has 0 aliphatic carbocycles. The minimum absolute atomic E-state index is 0.00670. The van der Waals surface area contributed by atoms with Crippen molar-refractivity contribution in [3.8, 4) is 17.1 Å². The first-order valence-corrected chi connectivity index (χ1v) is 13.2. The van der Waals surface area contributed by atoms with Crippen LogP contribution in [0.4, 0.5) is 14.5 Å². The molecule has 216 valence electrons. The van der Waals surface area contributed by atoms with E-state index in [1.54, 1.807) is 48.5 Å². The Bertz CT molecular complexity index is 1880. The molecule has 2 amide bonds. The van der Waals surface area contributed by atoms with Crippen molar-refractivity contribution >= 4 is 28.9 Å². The molecule has 0 radical (unpaired) electrons. The van der Waals surface area contributed by atoms with E-state index in [1.165, 1.54) is 42.0 Å². The zero-order chi connectivity index (χ0) is 29.9. The quantitative estimate of drug-likeness (QED) is 0.264. The maximum Gasteiger partial charge on any atom is 0.274 e. The average Bonchev–Trinajstić information content (AvgIpc) is 3.33. The molecule has 0 saturated carbocycles. The van der Waals surface area contributed by atoms with Gasteiger partial charge < -0.3 is 20.1 Å². The zero-order valence-electron chi connectivity index (χ0n) is 22.8. The van der Waals surface area contributed by atoms with E-state index in [-0.39, 0.29) is 46.5 Å². The maximum absolute atomic E-state index is 15.0. The second kappa shape index (κ2) is 11.8. The first-order valence-electron chi connectivity index (χ1n) is 13.2. The number of anilines is 1. The molecule has 6 rings (SSSR count). The number of benzodiazepines with no additional fused rings is 1. The van der Waals surface area contributed by atoms with Crippen molar-refractivity contribution in [1.29, 1.82) is 0 Å². The number of nitrogens with one attached hydrogen (secondary N) is 2. The summed E-state index contributed by atoms with van der Waals surface area (Å²) in [7, 11) is 1.53. The van der Waals surface area contributed by atoms with Gasteiger partial charge >= 0.3 is 0 Å². The molecule has 0 bridgehead atoms. The lowest BCUT2D eigenvalue weighted by Crippen LogP contribution is -2.43. The zero-order valence-corrected chi connectivity index (χ0v) is 22.8. The Morgan fingerprint density at radius 2 is 1.67 bits per heavy atom. The monoisotopic (exact) mass is 582 g/mol. The summed E-state index contributed by atoms with van der Waals surface area (Å²) in [5.41, 5.74) is 1.29. The Labute approximate surface area is 244 Å². The highest BCUT2D eigenvalue weighted by molar-refractivity contribution is 6.20. The first kappa shape index (κ1) is 27.7. The van der Waals surface area contributed by atoms with Gasteiger partial charge in [-0.05, 0) is 24.3 Å². The summed E-state index contributed by atoms with van der Waals surface area (Å²) >= 11 is 0. The fourth-order valence-electron chi connectivity index (χ4n) is 4.68. The van der Waals surface area contributed by atoms with Crippen LogP contribution in [-0.2, 0) is 9.53 Å². The lowest BCUT2D eigenvalue weighted by molar-refractivity contribution is -0.117. The number of carbonyl (C=O) groups excluding carboxylic acids is 2. The van der Waals surface area contributed by atoms with Gasteiger partial charge in [0.15, 0.2) is 11.3 Å². The van der Waals surface area contributed by atoms with E-state index < -0.39 is 29.6 Å². The lowest BCUT2D eigenvalue weighted by Gasteiger charge is -2.14. The third-order valence-corrected chi connectivity index (χ3v) is 6.67. The van der Waals surface area contributed by atoms with Gasteiger partial charge in [0, 0.05) is 29.9 Å². The van der Waals surface area contributed by atoms with Crippen molar-refractivity contribution in [1.82, 2.24) is 19.9 Å². The molecule has 2 aromatic heterocycles. The van der Waals surface area contributed by atoms with Crippen LogP contribution in [-0.4, -0.2) is 58.6 Å². The van der Waals surface area contributed by atoms with Gasteiger partial charge in [-0.25, -0.2) is 23.3 Å². The number of imidazole rings is 1. The second-order valence-corrected chi connectivity index (χ2v) is 9.44. The van der Waals surface area contributed by atoms with E-state index in [2.05, 4.69) is 25.7 Å². The molecule has 0 spiro atoms. The Balaban J connectivity index is 1.45. The van der Waals surface area contributed by atoms with Crippen LogP contribution < -0.4 is 15.4 Å². The van der Waals surface area contributed by atoms with Gasteiger partial charge in [-0.15, -0.1) is 5.10 Å². The largest absolute Gasteiger partial charge is 0.474 e. The van der Waals surface area contributed by atoms with Gasteiger partial charge in [0.05, 0.1) is 18.0 Å². The number of rotatable bonds is 8. The lowest BCUT2D eigenvalue weighted by atomic mass is 10.0. The molecule has 1 aliphatic rings. The minimum atomic E-state index is -1.49. The maximum atomic E-state index is 15.0. The molecule has 1 aliphatic heterocycles. The van der Waals surface area contributed by atoms with Gasteiger partial charge in [0.1, 0.15) is 23.9 Å². The van der Waals surface area contributed by atoms with Crippen molar-refractivity contribution in [3.05, 3.63) is 113 Å². The number of hydrogen-bond acceptors (Lipinski definition) is 7. The van der Waals surface area contributed by atoms with Crippen LogP contribution in [0, 0.1) is 11.6 Å². The summed E-state index contributed by atoms with van der Waals surface area (Å²) in [6.07, 6.45) is -1.49. The average molecular weight is 583 g/mol. The Morgan fingerprint density at radius 3 is 2.47 bits per heavy atom. The molecular weight excluding hydrogens is 558 g/mol. The van der Waals surface area contributed by atoms with E-state index in [9.17, 15) is 18.4 Å². The van der Waals surface area contributed by atoms with Crippen LogP contribution in [0.1, 0.15) is 21.6 Å². The SMILES string of the molecule is COCCOc1ccc2nc(-c3ccccc3F)c(C(=O)NC3N=C(c4ccccc4)c4cccc(F)c4NC3=O)n2n1. The summed E-state index contributed by atoms with van der Waals surface area (Å²) in [6.45, 7) is 0.501. The Kier molecular flexibility index (Phi) is 7.58. The fourth-order valence-corrected chi connectivity index (χ4v) is 4.68. The molecule has 1 atom stereocenters. The number of aliphatic imine (C=N–C) groups is 1. The topological polar surface area (TPSA) is 119 Å². The van der Waals surface area contributed by atoms with E-state index in [0.29, 0.717) is 17.7 Å². The smallest absolute Gasteiger partial charge is 0.274 e. The number of hydrogen-bond donors (Lipinski definition) is 2. The molecule has 1 unspecified atom stereocenters. The number of fused-ring (bicyclic) bond motifs is 2. The normalized spacial score (nSPS) is 14.4. The van der Waals surface area contributed by atoms with Gasteiger partial charge in [-0.1, -0.05) is 54.6 Å². The van der Waals surface area contributed by atoms with Crippen molar-refractivity contribution in [2.75, 3.05) is 25.6 Å². The molecule has 5 aromatic rings. The molecule has 2 N–H and O–H groups in total. The van der Waals surface area contributed by atoms with Gasteiger partial charge in [-0.3, -0.25) is 9.59 Å². The van der Waals surface area contributed by atoms with Crippen molar-refractivity contribution in [3.63, 3.8) is 0 Å². The molecule has 3 heterocycles. The molecule has 0 saturated heterocycles. The molecule has 12 heteroatoms. The number of ether oxygens (including phenoxy) is 2. The number of benzene rings is 3. The molecular formula is C31H24F2N6O4.